The van der Waals surface area contributed by atoms with Crippen molar-refractivity contribution in [3.8, 4) is 0 Å². The highest BCUT2D eigenvalue weighted by atomic mass is 19.4. The Hall–Kier alpha value is -2.83. The van der Waals surface area contributed by atoms with E-state index in [2.05, 4.69) is 5.32 Å². The first-order valence-corrected chi connectivity index (χ1v) is 7.46. The lowest BCUT2D eigenvalue weighted by molar-refractivity contribution is -0.137. The molecule has 1 atom stereocenters. The number of amides is 1. The number of hydrogen-bond donors (Lipinski definition) is 1. The van der Waals surface area contributed by atoms with Crippen molar-refractivity contribution in [3.63, 3.8) is 0 Å². The summed E-state index contributed by atoms with van der Waals surface area (Å²) in [5, 5.41) is 2.64. The summed E-state index contributed by atoms with van der Waals surface area (Å²) in [6.07, 6.45) is -4.56. The molecular formula is C18H16F3NO3. The number of carbonyl (C=O) groups excluding carboxylic acids is 2. The van der Waals surface area contributed by atoms with Gasteiger partial charge in [0, 0.05) is 0 Å². The van der Waals surface area contributed by atoms with Gasteiger partial charge in [0.25, 0.3) is 5.91 Å². The first-order valence-electron chi connectivity index (χ1n) is 7.46. The van der Waals surface area contributed by atoms with Gasteiger partial charge in [0.1, 0.15) is 0 Å². The standard InChI is InChI=1S/C18H16F3NO3/c1-12(13-6-3-2-4-7-13)22-16(23)11-25-17(24)14-8-5-9-15(10-14)18(19,20)21/h2-10,12H,11H2,1H3,(H,22,23)/t12-/m0/s1. The Labute approximate surface area is 142 Å². The minimum absolute atomic E-state index is 0.265. The zero-order chi connectivity index (χ0) is 18.4. The van der Waals surface area contributed by atoms with Gasteiger partial charge in [-0.05, 0) is 30.7 Å². The molecule has 0 bridgehead atoms. The van der Waals surface area contributed by atoms with Gasteiger partial charge >= 0.3 is 12.1 Å². The summed E-state index contributed by atoms with van der Waals surface area (Å²) in [6, 6.07) is 12.7. The lowest BCUT2D eigenvalue weighted by Gasteiger charge is -2.14. The van der Waals surface area contributed by atoms with Crippen LogP contribution in [0.5, 0.6) is 0 Å². The van der Waals surface area contributed by atoms with Gasteiger partial charge in [-0.2, -0.15) is 13.2 Å². The third-order valence-electron chi connectivity index (χ3n) is 3.44. The first-order chi connectivity index (χ1) is 11.8. The van der Waals surface area contributed by atoms with Crippen LogP contribution in [0.4, 0.5) is 13.2 Å². The molecule has 0 aromatic heterocycles. The number of halogens is 3. The number of nitrogens with one attached hydrogen (secondary N) is 1. The van der Waals surface area contributed by atoms with Crippen molar-refractivity contribution in [1.29, 1.82) is 0 Å². The highest BCUT2D eigenvalue weighted by molar-refractivity contribution is 5.91. The summed E-state index contributed by atoms with van der Waals surface area (Å²) in [4.78, 5) is 23.6. The third kappa shape index (κ3) is 5.34. The number of rotatable bonds is 5. The minimum Gasteiger partial charge on any atom is -0.452 e. The Morgan fingerprint density at radius 3 is 2.40 bits per heavy atom. The lowest BCUT2D eigenvalue weighted by Crippen LogP contribution is -2.31. The quantitative estimate of drug-likeness (QED) is 0.835. The summed E-state index contributed by atoms with van der Waals surface area (Å²) < 4.78 is 42.7. The van der Waals surface area contributed by atoms with Gasteiger partial charge in [0.05, 0.1) is 17.2 Å². The predicted molar refractivity (Wildman–Crippen MR) is 84.7 cm³/mol. The van der Waals surface area contributed by atoms with E-state index < -0.39 is 30.2 Å². The van der Waals surface area contributed by atoms with Crippen LogP contribution in [0, 0.1) is 0 Å². The molecule has 2 aromatic carbocycles. The summed E-state index contributed by atoms with van der Waals surface area (Å²) >= 11 is 0. The topological polar surface area (TPSA) is 55.4 Å². The molecule has 4 nitrogen and oxygen atoms in total. The fraction of sp³-hybridized carbons (Fsp3) is 0.222. The molecule has 0 aliphatic rings. The summed E-state index contributed by atoms with van der Waals surface area (Å²) in [5.41, 5.74) is -0.345. The molecule has 0 fully saturated rings. The molecule has 0 saturated heterocycles. The van der Waals surface area contributed by atoms with Crippen molar-refractivity contribution in [2.24, 2.45) is 0 Å². The van der Waals surface area contributed by atoms with Crippen LogP contribution in [-0.2, 0) is 15.7 Å². The van der Waals surface area contributed by atoms with Crippen LogP contribution >= 0.6 is 0 Å². The van der Waals surface area contributed by atoms with Crippen molar-refractivity contribution in [1.82, 2.24) is 5.32 Å². The molecule has 7 heteroatoms. The van der Waals surface area contributed by atoms with Crippen LogP contribution in [0.15, 0.2) is 54.6 Å². The molecule has 0 aliphatic carbocycles. The molecule has 0 spiro atoms. The zero-order valence-corrected chi connectivity index (χ0v) is 13.3. The molecule has 132 valence electrons. The Kier molecular flexibility index (Phi) is 5.80. The SMILES string of the molecule is C[C@H](NC(=O)COC(=O)c1cccc(C(F)(F)F)c1)c1ccccc1. The molecule has 0 heterocycles. The second-order valence-corrected chi connectivity index (χ2v) is 5.35. The average molecular weight is 351 g/mol. The third-order valence-corrected chi connectivity index (χ3v) is 3.44. The van der Waals surface area contributed by atoms with E-state index in [1.807, 2.05) is 30.3 Å². The normalized spacial score (nSPS) is 12.3. The first kappa shape index (κ1) is 18.5. The van der Waals surface area contributed by atoms with E-state index in [1.165, 1.54) is 6.07 Å². The molecular weight excluding hydrogens is 335 g/mol. The van der Waals surface area contributed by atoms with Gasteiger partial charge in [-0.1, -0.05) is 36.4 Å². The van der Waals surface area contributed by atoms with Crippen LogP contribution in [0.2, 0.25) is 0 Å². The van der Waals surface area contributed by atoms with E-state index in [0.717, 1.165) is 17.7 Å². The smallest absolute Gasteiger partial charge is 0.416 e. The van der Waals surface area contributed by atoms with Gasteiger partial charge in [0.15, 0.2) is 6.61 Å². The average Bonchev–Trinajstić information content (AvgIpc) is 2.59. The van der Waals surface area contributed by atoms with Crippen molar-refractivity contribution in [2.45, 2.75) is 19.1 Å². The van der Waals surface area contributed by atoms with Crippen molar-refractivity contribution in [3.05, 3.63) is 71.3 Å². The fourth-order valence-electron chi connectivity index (χ4n) is 2.15. The van der Waals surface area contributed by atoms with E-state index in [9.17, 15) is 22.8 Å². The van der Waals surface area contributed by atoms with Gasteiger partial charge in [0.2, 0.25) is 0 Å². The number of carbonyl (C=O) groups is 2. The zero-order valence-electron chi connectivity index (χ0n) is 13.3. The van der Waals surface area contributed by atoms with Gasteiger partial charge < -0.3 is 10.1 Å². The maximum atomic E-state index is 12.6. The highest BCUT2D eigenvalue weighted by Gasteiger charge is 2.31. The summed E-state index contributed by atoms with van der Waals surface area (Å²) in [7, 11) is 0. The number of hydrogen-bond acceptors (Lipinski definition) is 3. The fourth-order valence-corrected chi connectivity index (χ4v) is 2.15. The highest BCUT2D eigenvalue weighted by Crippen LogP contribution is 2.29. The molecule has 0 unspecified atom stereocenters. The maximum Gasteiger partial charge on any atom is 0.416 e. The van der Waals surface area contributed by atoms with E-state index in [4.69, 9.17) is 4.74 Å². The lowest BCUT2D eigenvalue weighted by atomic mass is 10.1. The van der Waals surface area contributed by atoms with Crippen LogP contribution in [0.1, 0.15) is 34.5 Å². The molecule has 0 aliphatic heterocycles. The van der Waals surface area contributed by atoms with Crippen LogP contribution < -0.4 is 5.32 Å². The van der Waals surface area contributed by atoms with Crippen LogP contribution in [-0.4, -0.2) is 18.5 Å². The molecule has 0 radical (unpaired) electrons. The Bertz CT molecular complexity index is 745. The van der Waals surface area contributed by atoms with Gasteiger partial charge in [-0.15, -0.1) is 0 Å². The minimum atomic E-state index is -4.56. The second kappa shape index (κ2) is 7.83. The van der Waals surface area contributed by atoms with E-state index >= 15 is 0 Å². The van der Waals surface area contributed by atoms with Crippen LogP contribution in [0.3, 0.4) is 0 Å². The monoisotopic (exact) mass is 351 g/mol. The Morgan fingerprint density at radius 1 is 1.08 bits per heavy atom. The Balaban J connectivity index is 1.90. The molecule has 0 saturated carbocycles. The predicted octanol–water partition coefficient (Wildman–Crippen LogP) is 3.74. The van der Waals surface area contributed by atoms with Crippen molar-refractivity contribution >= 4 is 11.9 Å². The molecule has 1 amide bonds. The van der Waals surface area contributed by atoms with E-state index in [-0.39, 0.29) is 11.6 Å². The molecule has 2 aromatic rings. The van der Waals surface area contributed by atoms with Gasteiger partial charge in [-0.25, -0.2) is 4.79 Å². The summed E-state index contributed by atoms with van der Waals surface area (Å²) in [6.45, 7) is 1.19. The number of esters is 1. The van der Waals surface area contributed by atoms with Crippen molar-refractivity contribution in [2.75, 3.05) is 6.61 Å². The van der Waals surface area contributed by atoms with E-state index in [1.54, 1.807) is 6.92 Å². The number of benzene rings is 2. The maximum absolute atomic E-state index is 12.6. The summed E-state index contributed by atoms with van der Waals surface area (Å²) in [5.74, 6) is -1.54. The molecule has 1 N–H and O–H groups in total. The molecule has 2 rings (SSSR count). The molecule has 25 heavy (non-hydrogen) atoms. The van der Waals surface area contributed by atoms with Gasteiger partial charge in [-0.3, -0.25) is 4.79 Å². The largest absolute Gasteiger partial charge is 0.452 e. The second-order valence-electron chi connectivity index (χ2n) is 5.35. The van der Waals surface area contributed by atoms with E-state index in [0.29, 0.717) is 6.07 Å². The van der Waals surface area contributed by atoms with Crippen molar-refractivity contribution < 1.29 is 27.5 Å². The Morgan fingerprint density at radius 2 is 1.76 bits per heavy atom. The number of ether oxygens (including phenoxy) is 1. The number of alkyl halides is 3. The van der Waals surface area contributed by atoms with Crippen LogP contribution in [0.25, 0.3) is 0 Å².